The molecule has 0 aromatic heterocycles. The Morgan fingerprint density at radius 2 is 1.70 bits per heavy atom. The lowest BCUT2D eigenvalue weighted by atomic mass is 9.85. The standard InChI is InChI=1S/C17H19NO2/c1-11-7-5-6-10-13(11)18-15-14(16(19)17(15)20)12-8-3-2-4-9-12/h2-4,8-9,11,13,18H,5-7,10H2,1H3. The van der Waals surface area contributed by atoms with Crippen LogP contribution in [-0.4, -0.2) is 6.04 Å². The number of rotatable bonds is 3. The second-order valence-electron chi connectivity index (χ2n) is 5.79. The van der Waals surface area contributed by atoms with E-state index >= 15 is 0 Å². The molecule has 0 spiro atoms. The number of hydrogen-bond donors (Lipinski definition) is 1. The van der Waals surface area contributed by atoms with E-state index in [4.69, 9.17) is 0 Å². The smallest absolute Gasteiger partial charge is 0.250 e. The topological polar surface area (TPSA) is 46.2 Å². The van der Waals surface area contributed by atoms with Crippen LogP contribution in [0.5, 0.6) is 0 Å². The van der Waals surface area contributed by atoms with Gasteiger partial charge in [-0.25, -0.2) is 0 Å². The van der Waals surface area contributed by atoms with E-state index in [1.54, 1.807) is 0 Å². The molecule has 1 saturated carbocycles. The minimum absolute atomic E-state index is 0.314. The molecule has 3 nitrogen and oxygen atoms in total. The van der Waals surface area contributed by atoms with E-state index in [-0.39, 0.29) is 10.9 Å². The number of nitrogens with one attached hydrogen (secondary N) is 1. The zero-order valence-corrected chi connectivity index (χ0v) is 11.7. The minimum Gasteiger partial charge on any atom is -0.378 e. The second kappa shape index (κ2) is 5.23. The summed E-state index contributed by atoms with van der Waals surface area (Å²) in [5, 5.41) is 3.34. The highest BCUT2D eigenvalue weighted by Crippen LogP contribution is 2.29. The molecule has 3 rings (SSSR count). The summed E-state index contributed by atoms with van der Waals surface area (Å²) >= 11 is 0. The SMILES string of the molecule is CC1CCCCC1Nc1c(-c2ccccc2)c(=O)c1=O. The first-order valence-electron chi connectivity index (χ1n) is 7.33. The molecule has 0 radical (unpaired) electrons. The Bertz CT molecular complexity index is 668. The third-order valence-corrected chi connectivity index (χ3v) is 4.41. The van der Waals surface area contributed by atoms with Gasteiger partial charge in [-0.15, -0.1) is 0 Å². The summed E-state index contributed by atoms with van der Waals surface area (Å²) in [6.45, 7) is 2.21. The average molecular weight is 269 g/mol. The van der Waals surface area contributed by atoms with Crippen molar-refractivity contribution in [3.8, 4) is 11.1 Å². The molecule has 1 aliphatic rings. The molecule has 0 aliphatic heterocycles. The van der Waals surface area contributed by atoms with E-state index in [1.165, 1.54) is 19.3 Å². The van der Waals surface area contributed by atoms with Crippen LogP contribution in [0.3, 0.4) is 0 Å². The molecule has 0 amide bonds. The lowest BCUT2D eigenvalue weighted by Crippen LogP contribution is -2.41. The van der Waals surface area contributed by atoms with E-state index < -0.39 is 0 Å². The lowest BCUT2D eigenvalue weighted by Gasteiger charge is -2.31. The molecule has 20 heavy (non-hydrogen) atoms. The summed E-state index contributed by atoms with van der Waals surface area (Å²) in [4.78, 5) is 23.7. The minimum atomic E-state index is -0.360. The van der Waals surface area contributed by atoms with Crippen LogP contribution in [0, 0.1) is 5.92 Å². The van der Waals surface area contributed by atoms with E-state index in [0.717, 1.165) is 12.0 Å². The van der Waals surface area contributed by atoms with Gasteiger partial charge in [0.2, 0.25) is 10.9 Å². The maximum absolute atomic E-state index is 11.9. The van der Waals surface area contributed by atoms with Crippen molar-refractivity contribution >= 4 is 5.69 Å². The average Bonchev–Trinajstić information content (AvgIpc) is 2.49. The summed E-state index contributed by atoms with van der Waals surface area (Å²) in [5.41, 5.74) is 1.21. The Hall–Kier alpha value is -1.90. The number of benzene rings is 1. The Kier molecular flexibility index (Phi) is 3.43. The number of anilines is 1. The fourth-order valence-electron chi connectivity index (χ4n) is 3.13. The lowest BCUT2D eigenvalue weighted by molar-refractivity contribution is 0.349. The van der Waals surface area contributed by atoms with Crippen molar-refractivity contribution < 1.29 is 0 Å². The van der Waals surface area contributed by atoms with Gasteiger partial charge in [0.25, 0.3) is 0 Å². The van der Waals surface area contributed by atoms with E-state index in [0.29, 0.717) is 23.2 Å². The van der Waals surface area contributed by atoms with Gasteiger partial charge in [0.1, 0.15) is 0 Å². The van der Waals surface area contributed by atoms with Crippen molar-refractivity contribution in [2.45, 2.75) is 38.6 Å². The summed E-state index contributed by atoms with van der Waals surface area (Å²) in [5.74, 6) is 0.553. The van der Waals surface area contributed by atoms with Crippen molar-refractivity contribution in [3.05, 3.63) is 50.8 Å². The normalized spacial score (nSPS) is 22.9. The van der Waals surface area contributed by atoms with Gasteiger partial charge in [-0.2, -0.15) is 0 Å². The molecular weight excluding hydrogens is 250 g/mol. The van der Waals surface area contributed by atoms with E-state index in [9.17, 15) is 9.59 Å². The molecule has 3 heteroatoms. The Balaban J connectivity index is 1.90. The highest BCUT2D eigenvalue weighted by molar-refractivity contribution is 5.81. The molecule has 2 unspecified atom stereocenters. The van der Waals surface area contributed by atoms with Crippen LogP contribution in [0.15, 0.2) is 39.9 Å². The third-order valence-electron chi connectivity index (χ3n) is 4.41. The van der Waals surface area contributed by atoms with Crippen molar-refractivity contribution in [2.75, 3.05) is 5.32 Å². The Labute approximate surface area is 118 Å². The highest BCUT2D eigenvalue weighted by atomic mass is 16.2. The number of hydrogen-bond acceptors (Lipinski definition) is 3. The van der Waals surface area contributed by atoms with Gasteiger partial charge >= 0.3 is 0 Å². The second-order valence-corrected chi connectivity index (χ2v) is 5.79. The first-order valence-corrected chi connectivity index (χ1v) is 7.33. The molecule has 2 aromatic rings. The molecule has 0 bridgehead atoms. The monoisotopic (exact) mass is 269 g/mol. The van der Waals surface area contributed by atoms with E-state index in [2.05, 4.69) is 12.2 Å². The maximum atomic E-state index is 11.9. The fourth-order valence-corrected chi connectivity index (χ4v) is 3.13. The van der Waals surface area contributed by atoms with Crippen LogP contribution in [0.4, 0.5) is 5.69 Å². The van der Waals surface area contributed by atoms with Gasteiger partial charge in [-0.3, -0.25) is 9.59 Å². The van der Waals surface area contributed by atoms with Gasteiger partial charge in [0.05, 0.1) is 11.3 Å². The van der Waals surface area contributed by atoms with Crippen LogP contribution in [-0.2, 0) is 0 Å². The molecule has 0 heterocycles. The van der Waals surface area contributed by atoms with Crippen LogP contribution in [0.25, 0.3) is 11.1 Å². The van der Waals surface area contributed by atoms with Crippen LogP contribution in [0.2, 0.25) is 0 Å². The molecule has 104 valence electrons. The summed E-state index contributed by atoms with van der Waals surface area (Å²) in [7, 11) is 0. The molecule has 0 saturated heterocycles. The Morgan fingerprint density at radius 3 is 2.40 bits per heavy atom. The molecular formula is C17H19NO2. The van der Waals surface area contributed by atoms with Gasteiger partial charge in [-0.05, 0) is 24.3 Å². The summed E-state index contributed by atoms with van der Waals surface area (Å²) in [6, 6.07) is 9.76. The highest BCUT2D eigenvalue weighted by Gasteiger charge is 2.27. The van der Waals surface area contributed by atoms with Crippen LogP contribution < -0.4 is 16.2 Å². The molecule has 2 aromatic carbocycles. The third kappa shape index (κ3) is 2.17. The van der Waals surface area contributed by atoms with Gasteiger partial charge < -0.3 is 5.32 Å². The zero-order valence-electron chi connectivity index (χ0n) is 11.7. The molecule has 2 atom stereocenters. The molecule has 1 fully saturated rings. The van der Waals surface area contributed by atoms with E-state index in [1.807, 2.05) is 30.3 Å². The first-order chi connectivity index (χ1) is 9.68. The van der Waals surface area contributed by atoms with Crippen molar-refractivity contribution in [3.63, 3.8) is 0 Å². The first kappa shape index (κ1) is 13.1. The van der Waals surface area contributed by atoms with Gasteiger partial charge in [0.15, 0.2) is 0 Å². The van der Waals surface area contributed by atoms with Crippen molar-refractivity contribution in [1.82, 2.24) is 0 Å². The van der Waals surface area contributed by atoms with Gasteiger partial charge in [0, 0.05) is 6.04 Å². The van der Waals surface area contributed by atoms with Crippen LogP contribution >= 0.6 is 0 Å². The summed E-state index contributed by atoms with van der Waals surface area (Å²) in [6.07, 6.45) is 4.72. The van der Waals surface area contributed by atoms with Crippen molar-refractivity contribution in [2.24, 2.45) is 5.92 Å². The molecule has 1 aliphatic carbocycles. The van der Waals surface area contributed by atoms with Crippen LogP contribution in [0.1, 0.15) is 32.6 Å². The Morgan fingerprint density at radius 1 is 1.00 bits per heavy atom. The zero-order chi connectivity index (χ0) is 14.1. The maximum Gasteiger partial charge on any atom is 0.250 e. The quantitative estimate of drug-likeness (QED) is 0.871. The van der Waals surface area contributed by atoms with Crippen molar-refractivity contribution in [1.29, 1.82) is 0 Å². The summed E-state index contributed by atoms with van der Waals surface area (Å²) < 4.78 is 0. The largest absolute Gasteiger partial charge is 0.378 e. The predicted molar refractivity (Wildman–Crippen MR) is 81.8 cm³/mol. The van der Waals surface area contributed by atoms with Gasteiger partial charge in [-0.1, -0.05) is 50.1 Å². The fraction of sp³-hybridized carbons (Fsp3) is 0.412. The predicted octanol–water partition coefficient (Wildman–Crippen LogP) is 2.94. The molecule has 1 N–H and O–H groups in total.